The third-order valence-corrected chi connectivity index (χ3v) is 1.07. The van der Waals surface area contributed by atoms with E-state index in [9.17, 15) is 8.42 Å². The van der Waals surface area contributed by atoms with Gasteiger partial charge in [0.05, 0.1) is 5.60 Å². The summed E-state index contributed by atoms with van der Waals surface area (Å²) in [6, 6.07) is -0.833. The topological polar surface area (TPSA) is 133 Å². The fourth-order valence-electron chi connectivity index (χ4n) is 0.316. The molecule has 0 aliphatic rings. The van der Waals surface area contributed by atoms with Crippen LogP contribution in [0.4, 0.5) is 4.79 Å². The lowest BCUT2D eigenvalue weighted by atomic mass is 10.2. The Hall–Kier alpha value is -0.860. The molecular weight excluding hydrogens is 200 g/mol. The van der Waals surface area contributed by atoms with Crippen LogP contribution in [-0.4, -0.2) is 24.6 Å². The fourth-order valence-corrected chi connectivity index (χ4v) is 0.948. The van der Waals surface area contributed by atoms with Gasteiger partial charge < -0.3 is 11.5 Å². The lowest BCUT2D eigenvalue weighted by molar-refractivity contribution is 0.119. The van der Waals surface area contributed by atoms with Gasteiger partial charge in [-0.05, 0) is 20.8 Å². The molecule has 0 radical (unpaired) electrons. The van der Waals surface area contributed by atoms with Gasteiger partial charge in [0.15, 0.2) is 0 Å². The third-order valence-electron chi connectivity index (χ3n) is 0.355. The molecule has 0 aromatic heterocycles. The molecule has 0 fully saturated rings. The second kappa shape index (κ2) is 5.00. The van der Waals surface area contributed by atoms with Crippen molar-refractivity contribution in [3.05, 3.63) is 0 Å². The SMILES string of the molecule is CC(C)(C)OS(=O)(=O)O.NC(N)=O. The zero-order valence-electron chi connectivity index (χ0n) is 7.64. The molecule has 0 heterocycles. The van der Waals surface area contributed by atoms with Crippen LogP contribution in [0.5, 0.6) is 0 Å². The highest BCUT2D eigenvalue weighted by atomic mass is 32.3. The Morgan fingerprint density at radius 1 is 1.31 bits per heavy atom. The first-order valence-electron chi connectivity index (χ1n) is 3.17. The van der Waals surface area contributed by atoms with Gasteiger partial charge in [-0.2, -0.15) is 8.42 Å². The monoisotopic (exact) mass is 214 g/mol. The molecule has 5 N–H and O–H groups in total. The van der Waals surface area contributed by atoms with Gasteiger partial charge in [-0.25, -0.2) is 8.98 Å². The van der Waals surface area contributed by atoms with Gasteiger partial charge in [-0.3, -0.25) is 4.55 Å². The minimum absolute atomic E-state index is 0.833. The van der Waals surface area contributed by atoms with E-state index in [1.165, 1.54) is 20.8 Å². The van der Waals surface area contributed by atoms with Crippen molar-refractivity contribution >= 4 is 16.4 Å². The van der Waals surface area contributed by atoms with Gasteiger partial charge in [-0.15, -0.1) is 0 Å². The molecule has 7 nitrogen and oxygen atoms in total. The van der Waals surface area contributed by atoms with Crippen LogP contribution in [-0.2, 0) is 14.6 Å². The molecule has 0 rings (SSSR count). The standard InChI is InChI=1S/C4H10O4S.CH4N2O/c1-4(2,3)8-9(5,6)7;2-1(3)4/h1-3H3,(H,5,6,7);(H4,2,3,4). The summed E-state index contributed by atoms with van der Waals surface area (Å²) < 4.78 is 32.2. The van der Waals surface area contributed by atoms with Crippen LogP contribution in [0.15, 0.2) is 0 Å². The number of carbonyl (C=O) groups is 1. The first-order chi connectivity index (χ1) is 5.44. The average molecular weight is 214 g/mol. The summed E-state index contributed by atoms with van der Waals surface area (Å²) in [5.41, 5.74) is 7.65. The van der Waals surface area contributed by atoms with Crippen molar-refractivity contribution in [1.29, 1.82) is 0 Å². The Bertz CT molecular complexity index is 249. The molecule has 2 amide bonds. The molecule has 0 aliphatic heterocycles. The van der Waals surface area contributed by atoms with Crippen LogP contribution in [0, 0.1) is 0 Å². The van der Waals surface area contributed by atoms with Gasteiger partial charge in [0, 0.05) is 0 Å². The van der Waals surface area contributed by atoms with E-state index in [2.05, 4.69) is 15.7 Å². The molecule has 0 spiro atoms. The maximum atomic E-state index is 9.98. The Balaban J connectivity index is 0. The number of rotatable bonds is 1. The van der Waals surface area contributed by atoms with E-state index in [1.54, 1.807) is 0 Å². The first kappa shape index (κ1) is 14.7. The van der Waals surface area contributed by atoms with Crippen molar-refractivity contribution in [1.82, 2.24) is 0 Å². The zero-order chi connectivity index (χ0) is 11.3. The number of amides is 2. The molecule has 80 valence electrons. The number of carbonyl (C=O) groups excluding carboxylic acids is 1. The molecule has 0 saturated heterocycles. The second-order valence-electron chi connectivity index (χ2n) is 3.03. The molecule has 0 unspecified atom stereocenters. The lowest BCUT2D eigenvalue weighted by Gasteiger charge is -2.14. The summed E-state index contributed by atoms with van der Waals surface area (Å²) in [7, 11) is -4.28. The zero-order valence-corrected chi connectivity index (χ0v) is 8.46. The summed E-state index contributed by atoms with van der Waals surface area (Å²) in [4.78, 5) is 9.00. The van der Waals surface area contributed by atoms with Crippen LogP contribution < -0.4 is 11.5 Å². The maximum absolute atomic E-state index is 9.98. The largest absolute Gasteiger partial charge is 0.397 e. The summed E-state index contributed by atoms with van der Waals surface area (Å²) in [5.74, 6) is 0. The van der Waals surface area contributed by atoms with Crippen molar-refractivity contribution in [2.45, 2.75) is 26.4 Å². The minimum Gasteiger partial charge on any atom is -0.352 e. The van der Waals surface area contributed by atoms with Gasteiger partial charge in [0.1, 0.15) is 0 Å². The van der Waals surface area contributed by atoms with Gasteiger partial charge in [0.25, 0.3) is 0 Å². The Labute approximate surface area is 77.0 Å². The predicted octanol–water partition coefficient (Wildman–Crippen LogP) is -0.372. The quantitative estimate of drug-likeness (QED) is 0.512. The summed E-state index contributed by atoms with van der Waals surface area (Å²) in [5, 5.41) is 0. The van der Waals surface area contributed by atoms with Crippen LogP contribution >= 0.6 is 0 Å². The average Bonchev–Trinajstić information content (AvgIpc) is 1.47. The summed E-state index contributed by atoms with van der Waals surface area (Å²) in [6.45, 7) is 4.59. The summed E-state index contributed by atoms with van der Waals surface area (Å²) in [6.07, 6.45) is 0. The normalized spacial score (nSPS) is 11.4. The van der Waals surface area contributed by atoms with Crippen LogP contribution in [0.2, 0.25) is 0 Å². The minimum atomic E-state index is -4.28. The number of hydrogen-bond donors (Lipinski definition) is 3. The van der Waals surface area contributed by atoms with Crippen LogP contribution in [0.3, 0.4) is 0 Å². The van der Waals surface area contributed by atoms with Gasteiger partial charge in [0.2, 0.25) is 0 Å². The number of primary amides is 2. The van der Waals surface area contributed by atoms with E-state index < -0.39 is 22.0 Å². The molecule has 0 aliphatic carbocycles. The van der Waals surface area contributed by atoms with E-state index in [1.807, 2.05) is 0 Å². The Morgan fingerprint density at radius 3 is 1.54 bits per heavy atom. The molecule has 0 aromatic carbocycles. The van der Waals surface area contributed by atoms with Crippen molar-refractivity contribution in [2.75, 3.05) is 0 Å². The molecule has 13 heavy (non-hydrogen) atoms. The molecule has 0 atom stereocenters. The molecule has 0 aromatic rings. The lowest BCUT2D eigenvalue weighted by Crippen LogP contribution is -2.23. The maximum Gasteiger partial charge on any atom is 0.397 e. The van der Waals surface area contributed by atoms with Crippen molar-refractivity contribution in [3.63, 3.8) is 0 Å². The van der Waals surface area contributed by atoms with Gasteiger partial charge >= 0.3 is 16.4 Å². The fraction of sp³-hybridized carbons (Fsp3) is 0.800. The Kier molecular flexibility index (Phi) is 5.63. The number of nitrogens with two attached hydrogens (primary N) is 2. The highest BCUT2D eigenvalue weighted by Gasteiger charge is 2.18. The van der Waals surface area contributed by atoms with E-state index in [-0.39, 0.29) is 0 Å². The molecule has 0 saturated carbocycles. The smallest absolute Gasteiger partial charge is 0.352 e. The van der Waals surface area contributed by atoms with Gasteiger partial charge in [-0.1, -0.05) is 0 Å². The summed E-state index contributed by atoms with van der Waals surface area (Å²) >= 11 is 0. The number of hydrogen-bond acceptors (Lipinski definition) is 4. The number of urea groups is 1. The molecule has 8 heteroatoms. The van der Waals surface area contributed by atoms with Crippen LogP contribution in [0.25, 0.3) is 0 Å². The third kappa shape index (κ3) is 35.2. The van der Waals surface area contributed by atoms with E-state index >= 15 is 0 Å². The van der Waals surface area contributed by atoms with Crippen molar-refractivity contribution in [2.24, 2.45) is 11.5 Å². The highest BCUT2D eigenvalue weighted by Crippen LogP contribution is 2.09. The first-order valence-corrected chi connectivity index (χ1v) is 4.53. The van der Waals surface area contributed by atoms with Crippen LogP contribution in [0.1, 0.15) is 20.8 Å². The Morgan fingerprint density at radius 2 is 1.54 bits per heavy atom. The van der Waals surface area contributed by atoms with Crippen molar-refractivity contribution < 1.29 is 21.9 Å². The second-order valence-corrected chi connectivity index (χ2v) is 4.05. The molecular formula is C5H14N2O5S. The van der Waals surface area contributed by atoms with E-state index in [4.69, 9.17) is 9.35 Å². The van der Waals surface area contributed by atoms with E-state index in [0.717, 1.165) is 0 Å². The highest BCUT2D eigenvalue weighted by molar-refractivity contribution is 7.80. The van der Waals surface area contributed by atoms with E-state index in [0.29, 0.717) is 0 Å². The molecule has 0 bridgehead atoms. The predicted molar refractivity (Wildman–Crippen MR) is 46.2 cm³/mol. The van der Waals surface area contributed by atoms with Crippen molar-refractivity contribution in [3.8, 4) is 0 Å².